The molecule has 1 atom stereocenters. The van der Waals surface area contributed by atoms with E-state index in [0.717, 1.165) is 45.4 Å². The molecule has 1 amide bonds. The molecule has 35 heavy (non-hydrogen) atoms. The molecular formula is C25H35N7O3. The molecule has 10 nitrogen and oxygen atoms in total. The second-order valence-corrected chi connectivity index (χ2v) is 8.41. The fourth-order valence-electron chi connectivity index (χ4n) is 3.94. The van der Waals surface area contributed by atoms with Crippen LogP contribution in [-0.2, 0) is 9.53 Å². The van der Waals surface area contributed by atoms with E-state index in [-0.39, 0.29) is 11.6 Å². The van der Waals surface area contributed by atoms with Crippen LogP contribution in [0.25, 0.3) is 0 Å². The van der Waals surface area contributed by atoms with Gasteiger partial charge in [0.2, 0.25) is 5.91 Å². The van der Waals surface area contributed by atoms with Crippen molar-refractivity contribution in [1.82, 2.24) is 20.3 Å². The van der Waals surface area contributed by atoms with Crippen molar-refractivity contribution in [1.29, 1.82) is 5.26 Å². The predicted molar refractivity (Wildman–Crippen MR) is 133 cm³/mol. The van der Waals surface area contributed by atoms with Crippen LogP contribution in [0.4, 0.5) is 17.3 Å². The van der Waals surface area contributed by atoms with Crippen LogP contribution in [0.3, 0.4) is 0 Å². The molecule has 0 saturated carbocycles. The second-order valence-electron chi connectivity index (χ2n) is 8.41. The zero-order valence-corrected chi connectivity index (χ0v) is 20.5. The lowest BCUT2D eigenvalue weighted by Gasteiger charge is -2.22. The van der Waals surface area contributed by atoms with Crippen molar-refractivity contribution in [3.63, 3.8) is 0 Å². The number of hydrogen-bond acceptors (Lipinski definition) is 9. The second kappa shape index (κ2) is 14.2. The van der Waals surface area contributed by atoms with Gasteiger partial charge in [0.05, 0.1) is 31.8 Å². The lowest BCUT2D eigenvalue weighted by molar-refractivity contribution is -0.116. The Kier molecular flexibility index (Phi) is 10.7. The first-order valence-corrected chi connectivity index (χ1v) is 12.4. The van der Waals surface area contributed by atoms with Gasteiger partial charge in [0.25, 0.3) is 0 Å². The van der Waals surface area contributed by atoms with Crippen molar-refractivity contribution in [3.05, 3.63) is 30.4 Å². The molecule has 4 rings (SSSR count). The standard InChI is InChI=1S/C23H29N7O3.C2H6/c24-10-18-11-27-22(13-26-18)30-21-9-20(33-15-17-5-8-32-14-17)19(12-28-21)29-23(31)2-1-16-3-6-25-7-4-16;1-2/h9,11-13,16-17,25H,1-8,14-15H2,(H,29,31)(H,27,28,30);1-2H3. The minimum absolute atomic E-state index is 0.0388. The van der Waals surface area contributed by atoms with Crippen LogP contribution in [0, 0.1) is 23.2 Å². The van der Waals surface area contributed by atoms with E-state index < -0.39 is 0 Å². The first-order chi connectivity index (χ1) is 17.2. The Hall–Kier alpha value is -3.29. The van der Waals surface area contributed by atoms with Gasteiger partial charge in [0, 0.05) is 25.0 Å². The highest BCUT2D eigenvalue weighted by atomic mass is 16.5. The van der Waals surface area contributed by atoms with E-state index in [2.05, 4.69) is 30.9 Å². The Balaban J connectivity index is 0.00000167. The number of carbonyl (C=O) groups is 1. The Morgan fingerprint density at radius 3 is 2.63 bits per heavy atom. The molecule has 188 valence electrons. The molecule has 4 heterocycles. The van der Waals surface area contributed by atoms with Crippen molar-refractivity contribution < 1.29 is 14.3 Å². The first kappa shape index (κ1) is 26.3. The van der Waals surface area contributed by atoms with E-state index in [1.165, 1.54) is 12.4 Å². The van der Waals surface area contributed by atoms with E-state index in [1.54, 1.807) is 12.3 Å². The highest BCUT2D eigenvalue weighted by Gasteiger charge is 2.19. The number of piperidine rings is 1. The summed E-state index contributed by atoms with van der Waals surface area (Å²) in [7, 11) is 0. The van der Waals surface area contributed by atoms with Crippen LogP contribution in [0.2, 0.25) is 0 Å². The fourth-order valence-corrected chi connectivity index (χ4v) is 3.94. The Bertz CT molecular complexity index is 966. The van der Waals surface area contributed by atoms with Crippen molar-refractivity contribution in [2.45, 2.75) is 46.0 Å². The molecule has 1 unspecified atom stereocenters. The summed E-state index contributed by atoms with van der Waals surface area (Å²) in [6.45, 7) is 7.97. The van der Waals surface area contributed by atoms with Gasteiger partial charge in [-0.3, -0.25) is 4.79 Å². The third kappa shape index (κ3) is 8.46. The maximum atomic E-state index is 12.6. The minimum atomic E-state index is -0.0388. The Morgan fingerprint density at radius 1 is 1.14 bits per heavy atom. The molecule has 0 aromatic carbocycles. The SMILES string of the molecule is CC.N#Cc1cnc(Nc2cc(OCC3CCOC3)c(NC(=O)CCC3CCNCC3)cn2)cn1. The van der Waals surface area contributed by atoms with Gasteiger partial charge in [-0.1, -0.05) is 13.8 Å². The maximum Gasteiger partial charge on any atom is 0.224 e. The number of anilines is 3. The normalized spacial score (nSPS) is 17.6. The number of nitriles is 1. The summed E-state index contributed by atoms with van der Waals surface area (Å²) in [5.41, 5.74) is 0.777. The average Bonchev–Trinajstić information content (AvgIpc) is 3.43. The van der Waals surface area contributed by atoms with Crippen molar-refractivity contribution in [2.24, 2.45) is 11.8 Å². The molecule has 0 radical (unpaired) electrons. The molecule has 2 saturated heterocycles. The summed E-state index contributed by atoms with van der Waals surface area (Å²) in [5, 5.41) is 18.2. The quantitative estimate of drug-likeness (QED) is 0.490. The van der Waals surface area contributed by atoms with Crippen LogP contribution in [-0.4, -0.2) is 53.8 Å². The molecule has 2 aromatic heterocycles. The number of nitrogens with one attached hydrogen (secondary N) is 3. The van der Waals surface area contributed by atoms with Crippen molar-refractivity contribution in [2.75, 3.05) is 43.5 Å². The van der Waals surface area contributed by atoms with Gasteiger partial charge in [-0.2, -0.15) is 5.26 Å². The summed E-state index contributed by atoms with van der Waals surface area (Å²) in [5.74, 6) is 2.37. The maximum absolute atomic E-state index is 12.6. The molecule has 0 bridgehead atoms. The minimum Gasteiger partial charge on any atom is -0.491 e. The molecule has 2 aromatic rings. The van der Waals surface area contributed by atoms with E-state index in [4.69, 9.17) is 14.7 Å². The number of aromatic nitrogens is 3. The van der Waals surface area contributed by atoms with Crippen LogP contribution in [0.15, 0.2) is 24.7 Å². The van der Waals surface area contributed by atoms with E-state index in [0.29, 0.717) is 54.5 Å². The number of amides is 1. The third-order valence-electron chi connectivity index (χ3n) is 5.90. The zero-order chi connectivity index (χ0) is 24.9. The zero-order valence-electron chi connectivity index (χ0n) is 20.5. The van der Waals surface area contributed by atoms with Crippen LogP contribution >= 0.6 is 0 Å². The molecule has 2 aliphatic rings. The van der Waals surface area contributed by atoms with Gasteiger partial charge in [-0.15, -0.1) is 0 Å². The van der Waals surface area contributed by atoms with E-state index in [9.17, 15) is 4.79 Å². The number of pyridine rings is 1. The fraction of sp³-hybridized carbons (Fsp3) is 0.560. The van der Waals surface area contributed by atoms with Crippen LogP contribution in [0.5, 0.6) is 5.75 Å². The number of rotatable bonds is 9. The highest BCUT2D eigenvalue weighted by molar-refractivity contribution is 5.92. The molecule has 0 aliphatic carbocycles. The lowest BCUT2D eigenvalue weighted by atomic mass is 9.93. The number of hydrogen-bond donors (Lipinski definition) is 3. The molecule has 3 N–H and O–H groups in total. The monoisotopic (exact) mass is 481 g/mol. The molecule has 2 fully saturated rings. The van der Waals surface area contributed by atoms with Crippen LogP contribution < -0.4 is 20.7 Å². The molecule has 0 spiro atoms. The number of nitrogens with zero attached hydrogens (tertiary/aromatic N) is 4. The van der Waals surface area contributed by atoms with E-state index >= 15 is 0 Å². The Labute approximate surface area is 206 Å². The summed E-state index contributed by atoms with van der Waals surface area (Å²) in [6, 6.07) is 3.67. The lowest BCUT2D eigenvalue weighted by Crippen LogP contribution is -2.28. The van der Waals surface area contributed by atoms with Gasteiger partial charge < -0.3 is 25.4 Å². The van der Waals surface area contributed by atoms with Gasteiger partial charge >= 0.3 is 0 Å². The third-order valence-corrected chi connectivity index (χ3v) is 5.90. The summed E-state index contributed by atoms with van der Waals surface area (Å²) >= 11 is 0. The molecule has 2 aliphatic heterocycles. The largest absolute Gasteiger partial charge is 0.491 e. The summed E-state index contributed by atoms with van der Waals surface area (Å²) in [4.78, 5) is 25.2. The predicted octanol–water partition coefficient (Wildman–Crippen LogP) is 3.65. The smallest absolute Gasteiger partial charge is 0.224 e. The van der Waals surface area contributed by atoms with Gasteiger partial charge in [0.1, 0.15) is 29.1 Å². The van der Waals surface area contributed by atoms with Gasteiger partial charge in [0.15, 0.2) is 5.69 Å². The summed E-state index contributed by atoms with van der Waals surface area (Å²) < 4.78 is 11.5. The molecule has 10 heteroatoms. The number of ether oxygens (including phenoxy) is 2. The number of carbonyl (C=O) groups excluding carboxylic acids is 1. The van der Waals surface area contributed by atoms with Crippen molar-refractivity contribution in [3.8, 4) is 11.8 Å². The van der Waals surface area contributed by atoms with Gasteiger partial charge in [-0.25, -0.2) is 15.0 Å². The highest BCUT2D eigenvalue weighted by Crippen LogP contribution is 2.29. The topological polar surface area (TPSA) is 134 Å². The molecular weight excluding hydrogens is 446 g/mol. The van der Waals surface area contributed by atoms with Crippen molar-refractivity contribution >= 4 is 23.2 Å². The average molecular weight is 482 g/mol. The Morgan fingerprint density at radius 2 is 1.94 bits per heavy atom. The van der Waals surface area contributed by atoms with E-state index in [1.807, 2.05) is 19.9 Å². The van der Waals surface area contributed by atoms with Gasteiger partial charge in [-0.05, 0) is 44.7 Å². The first-order valence-electron chi connectivity index (χ1n) is 12.4. The van der Waals surface area contributed by atoms with Crippen LogP contribution in [0.1, 0.15) is 51.6 Å². The summed E-state index contributed by atoms with van der Waals surface area (Å²) in [6.07, 6.45) is 8.98.